The average Bonchev–Trinajstić information content (AvgIpc) is 3.25. The number of nitrogens with zero attached hydrogens (tertiary/aromatic N) is 2. The van der Waals surface area contributed by atoms with E-state index in [4.69, 9.17) is 27.9 Å². The predicted octanol–water partition coefficient (Wildman–Crippen LogP) is 4.78. The van der Waals surface area contributed by atoms with Crippen molar-refractivity contribution in [2.45, 2.75) is 26.6 Å². The van der Waals surface area contributed by atoms with Crippen LogP contribution < -0.4 is 10.1 Å². The second-order valence-electron chi connectivity index (χ2n) is 5.48. The van der Waals surface area contributed by atoms with Gasteiger partial charge in [0.25, 0.3) is 5.91 Å². The minimum absolute atomic E-state index is 0.154. The van der Waals surface area contributed by atoms with E-state index in [1.165, 1.54) is 11.3 Å². The summed E-state index contributed by atoms with van der Waals surface area (Å²) >= 11 is 13.5. The van der Waals surface area contributed by atoms with Gasteiger partial charge < -0.3 is 10.1 Å². The van der Waals surface area contributed by atoms with Crippen molar-refractivity contribution in [2.24, 2.45) is 0 Å². The summed E-state index contributed by atoms with van der Waals surface area (Å²) in [5.41, 5.74) is 1.71. The maximum Gasteiger partial charge on any atom is 0.261 e. The number of aryl methyl sites for hydroxylation is 1. The van der Waals surface area contributed by atoms with E-state index < -0.39 is 0 Å². The van der Waals surface area contributed by atoms with Gasteiger partial charge in [0.2, 0.25) is 0 Å². The molecule has 2 aromatic heterocycles. The molecule has 136 valence electrons. The summed E-state index contributed by atoms with van der Waals surface area (Å²) < 4.78 is 7.46. The Bertz CT molecular complexity index is 907. The number of hydrogen-bond acceptors (Lipinski definition) is 4. The number of carbonyl (C=O) groups excluding carboxylic acids is 1. The quantitative estimate of drug-likeness (QED) is 0.610. The van der Waals surface area contributed by atoms with E-state index in [-0.39, 0.29) is 5.91 Å². The predicted molar refractivity (Wildman–Crippen MR) is 104 cm³/mol. The Morgan fingerprint density at radius 1 is 1.31 bits per heavy atom. The Morgan fingerprint density at radius 3 is 2.88 bits per heavy atom. The Morgan fingerprint density at radius 2 is 2.12 bits per heavy atom. The first-order valence-electron chi connectivity index (χ1n) is 8.01. The maximum atomic E-state index is 12.4. The van der Waals surface area contributed by atoms with Crippen molar-refractivity contribution in [1.82, 2.24) is 15.1 Å². The summed E-state index contributed by atoms with van der Waals surface area (Å²) in [5.74, 6) is 0.466. The number of nitrogens with one attached hydrogen (secondary N) is 1. The van der Waals surface area contributed by atoms with Crippen molar-refractivity contribution in [3.05, 3.63) is 68.1 Å². The van der Waals surface area contributed by atoms with Gasteiger partial charge in [-0.15, -0.1) is 11.3 Å². The zero-order valence-electron chi connectivity index (χ0n) is 14.0. The Hall–Kier alpha value is -2.02. The van der Waals surface area contributed by atoms with Crippen LogP contribution >= 0.6 is 34.5 Å². The SMILES string of the molecule is CCn1ncc(Cl)c1CNC(=O)c1cc(COc2ccccc2Cl)cs1. The van der Waals surface area contributed by atoms with Gasteiger partial charge in [-0.3, -0.25) is 9.48 Å². The Kier molecular flexibility index (Phi) is 6.19. The van der Waals surface area contributed by atoms with E-state index in [2.05, 4.69) is 10.4 Å². The number of carbonyl (C=O) groups is 1. The fourth-order valence-electron chi connectivity index (χ4n) is 2.38. The van der Waals surface area contributed by atoms with Crippen molar-refractivity contribution in [3.8, 4) is 5.75 Å². The highest BCUT2D eigenvalue weighted by atomic mass is 35.5. The van der Waals surface area contributed by atoms with Gasteiger partial charge in [-0.2, -0.15) is 5.10 Å². The minimum Gasteiger partial charge on any atom is -0.487 e. The van der Waals surface area contributed by atoms with Crippen LogP contribution in [0.2, 0.25) is 10.0 Å². The van der Waals surface area contributed by atoms with Crippen LogP contribution in [0, 0.1) is 0 Å². The van der Waals surface area contributed by atoms with E-state index in [0.717, 1.165) is 11.3 Å². The molecule has 2 heterocycles. The first-order chi connectivity index (χ1) is 12.6. The van der Waals surface area contributed by atoms with Crippen LogP contribution in [0.3, 0.4) is 0 Å². The smallest absolute Gasteiger partial charge is 0.261 e. The van der Waals surface area contributed by atoms with Gasteiger partial charge in [-0.05, 0) is 30.5 Å². The molecule has 0 aliphatic carbocycles. The summed E-state index contributed by atoms with van der Waals surface area (Å²) in [7, 11) is 0. The Balaban J connectivity index is 1.58. The van der Waals surface area contributed by atoms with Crippen LogP contribution in [0.15, 0.2) is 41.9 Å². The number of para-hydroxylation sites is 1. The lowest BCUT2D eigenvalue weighted by Crippen LogP contribution is -2.23. The van der Waals surface area contributed by atoms with Gasteiger partial charge in [-0.25, -0.2) is 0 Å². The number of hydrogen-bond donors (Lipinski definition) is 1. The molecule has 1 amide bonds. The summed E-state index contributed by atoms with van der Waals surface area (Å²) in [6.07, 6.45) is 1.59. The standard InChI is InChI=1S/C18H17Cl2N3O2S/c1-2-23-15(14(20)8-22-23)9-21-18(24)17-7-12(11-26-17)10-25-16-6-4-3-5-13(16)19/h3-8,11H,2,9-10H2,1H3,(H,21,24). The summed E-state index contributed by atoms with van der Waals surface area (Å²) in [4.78, 5) is 13.0. The molecule has 0 atom stereocenters. The lowest BCUT2D eigenvalue weighted by Gasteiger charge is -2.07. The largest absolute Gasteiger partial charge is 0.487 e. The molecule has 0 aliphatic heterocycles. The third kappa shape index (κ3) is 4.38. The second-order valence-corrected chi connectivity index (χ2v) is 7.20. The van der Waals surface area contributed by atoms with Gasteiger partial charge in [-0.1, -0.05) is 35.3 Å². The van der Waals surface area contributed by atoms with E-state index in [1.807, 2.05) is 36.6 Å². The fourth-order valence-corrected chi connectivity index (χ4v) is 3.59. The number of aromatic nitrogens is 2. The molecule has 0 fully saturated rings. The Labute approximate surface area is 165 Å². The van der Waals surface area contributed by atoms with Crippen LogP contribution in [-0.2, 0) is 19.7 Å². The molecule has 26 heavy (non-hydrogen) atoms. The van der Waals surface area contributed by atoms with Crippen molar-refractivity contribution in [2.75, 3.05) is 0 Å². The molecule has 5 nitrogen and oxygen atoms in total. The van der Waals surface area contributed by atoms with Crippen LogP contribution in [-0.4, -0.2) is 15.7 Å². The molecule has 0 saturated carbocycles. The molecular formula is C18H17Cl2N3O2S. The first-order valence-corrected chi connectivity index (χ1v) is 9.65. The molecule has 0 radical (unpaired) electrons. The highest BCUT2D eigenvalue weighted by Gasteiger charge is 2.13. The number of rotatable bonds is 7. The molecule has 0 spiro atoms. The van der Waals surface area contributed by atoms with Crippen molar-refractivity contribution < 1.29 is 9.53 Å². The summed E-state index contributed by atoms with van der Waals surface area (Å²) in [5, 5.41) is 10.0. The van der Waals surface area contributed by atoms with Crippen LogP contribution in [0.4, 0.5) is 0 Å². The monoisotopic (exact) mass is 409 g/mol. The molecule has 1 N–H and O–H groups in total. The molecule has 3 rings (SSSR count). The van der Waals surface area contributed by atoms with E-state index in [0.29, 0.717) is 40.4 Å². The van der Waals surface area contributed by atoms with Gasteiger partial charge in [0.15, 0.2) is 0 Å². The van der Waals surface area contributed by atoms with Gasteiger partial charge in [0.1, 0.15) is 12.4 Å². The molecular weight excluding hydrogens is 393 g/mol. The summed E-state index contributed by atoms with van der Waals surface area (Å²) in [6, 6.07) is 9.10. The number of halogens is 2. The normalized spacial score (nSPS) is 10.7. The lowest BCUT2D eigenvalue weighted by molar-refractivity contribution is 0.0954. The van der Waals surface area contributed by atoms with E-state index in [1.54, 1.807) is 16.9 Å². The molecule has 8 heteroatoms. The minimum atomic E-state index is -0.154. The third-order valence-corrected chi connectivity index (χ3v) is 5.33. The number of amides is 1. The molecule has 0 aliphatic rings. The van der Waals surface area contributed by atoms with Gasteiger partial charge in [0.05, 0.1) is 33.4 Å². The zero-order valence-corrected chi connectivity index (χ0v) is 16.4. The highest BCUT2D eigenvalue weighted by molar-refractivity contribution is 7.12. The zero-order chi connectivity index (χ0) is 18.5. The maximum absolute atomic E-state index is 12.4. The number of ether oxygens (including phenoxy) is 1. The topological polar surface area (TPSA) is 56.2 Å². The van der Waals surface area contributed by atoms with E-state index >= 15 is 0 Å². The lowest BCUT2D eigenvalue weighted by atomic mass is 10.3. The van der Waals surface area contributed by atoms with Crippen LogP contribution in [0.25, 0.3) is 0 Å². The van der Waals surface area contributed by atoms with E-state index in [9.17, 15) is 4.79 Å². The molecule has 0 unspecified atom stereocenters. The fraction of sp³-hybridized carbons (Fsp3) is 0.222. The molecule has 0 bridgehead atoms. The van der Waals surface area contributed by atoms with Crippen molar-refractivity contribution >= 4 is 40.4 Å². The molecule has 3 aromatic rings. The highest BCUT2D eigenvalue weighted by Crippen LogP contribution is 2.25. The van der Waals surface area contributed by atoms with Gasteiger partial charge in [0, 0.05) is 12.1 Å². The molecule has 0 saturated heterocycles. The average molecular weight is 410 g/mol. The first kappa shape index (κ1) is 18.8. The van der Waals surface area contributed by atoms with Crippen LogP contribution in [0.1, 0.15) is 27.9 Å². The van der Waals surface area contributed by atoms with Crippen molar-refractivity contribution in [1.29, 1.82) is 0 Å². The molecule has 1 aromatic carbocycles. The van der Waals surface area contributed by atoms with Crippen LogP contribution in [0.5, 0.6) is 5.75 Å². The number of benzene rings is 1. The third-order valence-electron chi connectivity index (χ3n) is 3.72. The summed E-state index contributed by atoms with van der Waals surface area (Å²) in [6.45, 7) is 3.34. The second kappa shape index (κ2) is 8.58. The number of thiophene rings is 1. The van der Waals surface area contributed by atoms with Crippen molar-refractivity contribution in [3.63, 3.8) is 0 Å². The van der Waals surface area contributed by atoms with Gasteiger partial charge >= 0.3 is 0 Å².